The van der Waals surface area contributed by atoms with E-state index in [9.17, 15) is 10.1 Å². The minimum Gasteiger partial charge on any atom is -0.480 e. The largest absolute Gasteiger partial charge is 0.480 e. The van der Waals surface area contributed by atoms with Gasteiger partial charge in [0.1, 0.15) is 11.6 Å². The molecular weight excluding hydrogens is 280 g/mol. The van der Waals surface area contributed by atoms with Gasteiger partial charge in [-0.15, -0.1) is 0 Å². The van der Waals surface area contributed by atoms with Gasteiger partial charge in [-0.05, 0) is 19.4 Å². The SMILES string of the molecule is CCOC(=O)c1c(C)nc(OC)c(C#N)c1-c1ccccc1. The molecule has 0 amide bonds. The molecule has 0 saturated carbocycles. The van der Waals surface area contributed by atoms with Crippen LogP contribution < -0.4 is 4.74 Å². The maximum Gasteiger partial charge on any atom is 0.340 e. The Hall–Kier alpha value is -2.87. The Kier molecular flexibility index (Phi) is 4.74. The molecule has 0 spiro atoms. The monoisotopic (exact) mass is 296 g/mol. The highest BCUT2D eigenvalue weighted by molar-refractivity contribution is 6.00. The van der Waals surface area contributed by atoms with E-state index in [0.717, 1.165) is 5.56 Å². The lowest BCUT2D eigenvalue weighted by molar-refractivity contribution is 0.0526. The number of methoxy groups -OCH3 is 1. The van der Waals surface area contributed by atoms with E-state index in [2.05, 4.69) is 11.1 Å². The summed E-state index contributed by atoms with van der Waals surface area (Å²) in [5, 5.41) is 9.50. The zero-order valence-electron chi connectivity index (χ0n) is 12.7. The Labute approximate surface area is 129 Å². The number of benzene rings is 1. The van der Waals surface area contributed by atoms with Crippen LogP contribution in [0.2, 0.25) is 0 Å². The van der Waals surface area contributed by atoms with Gasteiger partial charge in [0.25, 0.3) is 0 Å². The lowest BCUT2D eigenvalue weighted by Crippen LogP contribution is -2.12. The number of nitriles is 1. The van der Waals surface area contributed by atoms with E-state index >= 15 is 0 Å². The zero-order valence-corrected chi connectivity index (χ0v) is 12.7. The highest BCUT2D eigenvalue weighted by Gasteiger charge is 2.25. The first kappa shape index (κ1) is 15.5. The molecule has 112 valence electrons. The summed E-state index contributed by atoms with van der Waals surface area (Å²) in [6, 6.07) is 11.3. The Balaban J connectivity index is 2.83. The van der Waals surface area contributed by atoms with Crippen molar-refractivity contribution in [2.75, 3.05) is 13.7 Å². The first-order valence-corrected chi connectivity index (χ1v) is 6.85. The Morgan fingerprint density at radius 1 is 1.32 bits per heavy atom. The number of carbonyl (C=O) groups is 1. The van der Waals surface area contributed by atoms with Gasteiger partial charge in [0.05, 0.1) is 25.0 Å². The maximum absolute atomic E-state index is 12.3. The Bertz CT molecular complexity index is 734. The van der Waals surface area contributed by atoms with Gasteiger partial charge in [-0.1, -0.05) is 30.3 Å². The molecule has 0 aliphatic carbocycles. The van der Waals surface area contributed by atoms with Crippen molar-refractivity contribution in [2.45, 2.75) is 13.8 Å². The molecule has 0 radical (unpaired) electrons. The number of esters is 1. The maximum atomic E-state index is 12.3. The number of ether oxygens (including phenoxy) is 2. The van der Waals surface area contributed by atoms with Crippen LogP contribution in [0.15, 0.2) is 30.3 Å². The summed E-state index contributed by atoms with van der Waals surface area (Å²) in [5.74, 6) is -0.294. The average molecular weight is 296 g/mol. The fourth-order valence-corrected chi connectivity index (χ4v) is 2.27. The van der Waals surface area contributed by atoms with E-state index in [1.807, 2.05) is 30.3 Å². The van der Waals surface area contributed by atoms with Crippen molar-refractivity contribution < 1.29 is 14.3 Å². The number of hydrogen-bond donors (Lipinski definition) is 0. The number of aryl methyl sites for hydroxylation is 1. The average Bonchev–Trinajstić information content (AvgIpc) is 2.54. The summed E-state index contributed by atoms with van der Waals surface area (Å²) in [5.41, 5.74) is 2.22. The fourth-order valence-electron chi connectivity index (χ4n) is 2.27. The van der Waals surface area contributed by atoms with Crippen LogP contribution in [-0.4, -0.2) is 24.7 Å². The number of rotatable bonds is 4. The highest BCUT2D eigenvalue weighted by Crippen LogP contribution is 2.34. The molecule has 2 rings (SSSR count). The van der Waals surface area contributed by atoms with Crippen molar-refractivity contribution >= 4 is 5.97 Å². The van der Waals surface area contributed by atoms with Gasteiger partial charge in [-0.3, -0.25) is 0 Å². The quantitative estimate of drug-likeness (QED) is 0.811. The van der Waals surface area contributed by atoms with E-state index < -0.39 is 5.97 Å². The summed E-state index contributed by atoms with van der Waals surface area (Å²) in [4.78, 5) is 16.5. The van der Waals surface area contributed by atoms with Crippen molar-refractivity contribution in [3.05, 3.63) is 47.2 Å². The summed E-state index contributed by atoms with van der Waals surface area (Å²) < 4.78 is 10.3. The van der Waals surface area contributed by atoms with Gasteiger partial charge in [-0.25, -0.2) is 9.78 Å². The van der Waals surface area contributed by atoms with Gasteiger partial charge in [0, 0.05) is 5.56 Å². The molecule has 1 heterocycles. The smallest absolute Gasteiger partial charge is 0.340 e. The van der Waals surface area contributed by atoms with Crippen LogP contribution in [0, 0.1) is 18.3 Å². The van der Waals surface area contributed by atoms with Crippen LogP contribution in [-0.2, 0) is 4.74 Å². The number of aromatic nitrogens is 1. The summed E-state index contributed by atoms with van der Waals surface area (Å²) in [7, 11) is 1.45. The van der Waals surface area contributed by atoms with Gasteiger partial charge in [0.2, 0.25) is 5.88 Å². The minimum atomic E-state index is -0.495. The molecule has 0 N–H and O–H groups in total. The predicted molar refractivity (Wildman–Crippen MR) is 81.6 cm³/mol. The second-order valence-electron chi connectivity index (χ2n) is 4.53. The van der Waals surface area contributed by atoms with Crippen LogP contribution in [0.4, 0.5) is 0 Å². The third kappa shape index (κ3) is 2.77. The molecule has 0 saturated heterocycles. The molecule has 0 aliphatic rings. The molecule has 0 unspecified atom stereocenters. The molecule has 1 aromatic heterocycles. The lowest BCUT2D eigenvalue weighted by Gasteiger charge is -2.15. The first-order valence-electron chi connectivity index (χ1n) is 6.85. The third-order valence-corrected chi connectivity index (χ3v) is 3.19. The minimum absolute atomic E-state index is 0.201. The molecule has 22 heavy (non-hydrogen) atoms. The Morgan fingerprint density at radius 3 is 2.55 bits per heavy atom. The molecule has 0 bridgehead atoms. The Morgan fingerprint density at radius 2 is 2.00 bits per heavy atom. The van der Waals surface area contributed by atoms with Crippen molar-refractivity contribution in [2.24, 2.45) is 0 Å². The molecule has 0 aliphatic heterocycles. The van der Waals surface area contributed by atoms with Crippen molar-refractivity contribution in [3.63, 3.8) is 0 Å². The van der Waals surface area contributed by atoms with E-state index in [1.165, 1.54) is 7.11 Å². The molecular formula is C17H16N2O3. The number of hydrogen-bond acceptors (Lipinski definition) is 5. The normalized spacial score (nSPS) is 9.91. The van der Waals surface area contributed by atoms with E-state index in [-0.39, 0.29) is 18.1 Å². The van der Waals surface area contributed by atoms with Gasteiger partial charge in [-0.2, -0.15) is 5.26 Å². The molecule has 5 heteroatoms. The van der Waals surface area contributed by atoms with E-state index in [1.54, 1.807) is 13.8 Å². The molecule has 0 atom stereocenters. The highest BCUT2D eigenvalue weighted by atomic mass is 16.5. The second-order valence-corrected chi connectivity index (χ2v) is 4.53. The van der Waals surface area contributed by atoms with Gasteiger partial charge < -0.3 is 9.47 Å². The number of carbonyl (C=O) groups excluding carboxylic acids is 1. The van der Waals surface area contributed by atoms with Crippen LogP contribution in [0.25, 0.3) is 11.1 Å². The zero-order chi connectivity index (χ0) is 16.1. The third-order valence-electron chi connectivity index (χ3n) is 3.19. The lowest BCUT2D eigenvalue weighted by atomic mass is 9.94. The van der Waals surface area contributed by atoms with Crippen LogP contribution in [0.1, 0.15) is 28.5 Å². The molecule has 2 aromatic rings. The standard InChI is InChI=1S/C17H16N2O3/c1-4-22-17(20)14-11(2)19-16(21-3)13(10-18)15(14)12-8-6-5-7-9-12/h5-9H,4H2,1-3H3. The summed E-state index contributed by atoms with van der Waals surface area (Å²) in [6.45, 7) is 3.68. The van der Waals surface area contributed by atoms with Crippen LogP contribution in [0.5, 0.6) is 5.88 Å². The fraction of sp³-hybridized carbons (Fsp3) is 0.235. The molecule has 5 nitrogen and oxygen atoms in total. The number of pyridine rings is 1. The predicted octanol–water partition coefficient (Wildman–Crippen LogP) is 3.11. The topological polar surface area (TPSA) is 72.2 Å². The van der Waals surface area contributed by atoms with Gasteiger partial charge in [0.15, 0.2) is 0 Å². The number of nitrogens with zero attached hydrogens (tertiary/aromatic N) is 2. The second kappa shape index (κ2) is 6.72. The first-order chi connectivity index (χ1) is 10.6. The van der Waals surface area contributed by atoms with E-state index in [4.69, 9.17) is 9.47 Å². The van der Waals surface area contributed by atoms with Crippen molar-refractivity contribution in [1.29, 1.82) is 5.26 Å². The van der Waals surface area contributed by atoms with Crippen molar-refractivity contribution in [1.82, 2.24) is 4.98 Å². The van der Waals surface area contributed by atoms with Crippen molar-refractivity contribution in [3.8, 4) is 23.1 Å². The molecule has 0 fully saturated rings. The summed E-state index contributed by atoms with van der Waals surface area (Å²) >= 11 is 0. The van der Waals surface area contributed by atoms with Crippen LogP contribution in [0.3, 0.4) is 0 Å². The summed E-state index contributed by atoms with van der Waals surface area (Å²) in [6.07, 6.45) is 0. The van der Waals surface area contributed by atoms with Gasteiger partial charge >= 0.3 is 5.97 Å². The van der Waals surface area contributed by atoms with Crippen LogP contribution >= 0.6 is 0 Å². The molecule has 1 aromatic carbocycles. The van der Waals surface area contributed by atoms with E-state index in [0.29, 0.717) is 16.8 Å².